The number of nitrogens with one attached hydrogen (secondary N) is 2. The van der Waals surface area contributed by atoms with E-state index in [9.17, 15) is 10.2 Å². The second kappa shape index (κ2) is 6.73. The molecular weight excluding hydrogens is 252 g/mol. The summed E-state index contributed by atoms with van der Waals surface area (Å²) in [6.07, 6.45) is 3.01. The van der Waals surface area contributed by atoms with Gasteiger partial charge in [0.25, 0.3) is 0 Å². The van der Waals surface area contributed by atoms with Gasteiger partial charge >= 0.3 is 0 Å². The molecule has 20 heavy (non-hydrogen) atoms. The number of aliphatic hydroxyl groups is 2. The first-order valence-corrected chi connectivity index (χ1v) is 7.92. The molecule has 0 amide bonds. The lowest BCUT2D eigenvalue weighted by molar-refractivity contribution is 0.0714. The van der Waals surface area contributed by atoms with Gasteiger partial charge in [0.15, 0.2) is 0 Å². The molecule has 0 aromatic rings. The van der Waals surface area contributed by atoms with Crippen LogP contribution in [-0.4, -0.2) is 45.6 Å². The fraction of sp³-hybridized carbons (Fsp3) is 1.00. The SMILES string of the molecule is C[C@@H](NC(C)(C)C)C(O)CC(C)(C)N[C@H]1CCC[C@@H]1O. The number of rotatable bonds is 6. The maximum absolute atomic E-state index is 10.4. The lowest BCUT2D eigenvalue weighted by atomic mass is 9.91. The summed E-state index contributed by atoms with van der Waals surface area (Å²) in [6.45, 7) is 12.5. The third-order valence-electron chi connectivity index (χ3n) is 4.01. The van der Waals surface area contributed by atoms with Gasteiger partial charge < -0.3 is 20.8 Å². The predicted molar refractivity (Wildman–Crippen MR) is 83.8 cm³/mol. The molecule has 1 saturated carbocycles. The molecule has 4 atom stereocenters. The van der Waals surface area contributed by atoms with Crippen LogP contribution in [0.5, 0.6) is 0 Å². The van der Waals surface area contributed by atoms with Crippen LogP contribution in [0.1, 0.15) is 67.2 Å². The molecule has 1 aliphatic carbocycles. The number of aliphatic hydroxyl groups excluding tert-OH is 2. The van der Waals surface area contributed by atoms with Gasteiger partial charge in [0, 0.05) is 23.2 Å². The van der Waals surface area contributed by atoms with E-state index in [1.165, 1.54) is 0 Å². The zero-order valence-electron chi connectivity index (χ0n) is 14.0. The van der Waals surface area contributed by atoms with Crippen molar-refractivity contribution in [2.24, 2.45) is 0 Å². The Morgan fingerprint density at radius 1 is 1.15 bits per heavy atom. The van der Waals surface area contributed by atoms with Crippen molar-refractivity contribution in [3.63, 3.8) is 0 Å². The second-order valence-electron chi connectivity index (χ2n) is 8.09. The second-order valence-corrected chi connectivity index (χ2v) is 8.09. The van der Waals surface area contributed by atoms with Crippen LogP contribution in [0.3, 0.4) is 0 Å². The Kier molecular flexibility index (Phi) is 6.02. The van der Waals surface area contributed by atoms with Crippen LogP contribution in [0.2, 0.25) is 0 Å². The molecule has 4 heteroatoms. The van der Waals surface area contributed by atoms with Crippen LogP contribution < -0.4 is 10.6 Å². The lowest BCUT2D eigenvalue weighted by Gasteiger charge is -2.36. The Balaban J connectivity index is 2.47. The van der Waals surface area contributed by atoms with Gasteiger partial charge in [0.05, 0.1) is 12.2 Å². The monoisotopic (exact) mass is 286 g/mol. The van der Waals surface area contributed by atoms with Crippen molar-refractivity contribution in [2.45, 2.75) is 103 Å². The molecule has 0 heterocycles. The predicted octanol–water partition coefficient (Wildman–Crippen LogP) is 1.80. The van der Waals surface area contributed by atoms with Gasteiger partial charge in [-0.25, -0.2) is 0 Å². The van der Waals surface area contributed by atoms with Crippen LogP contribution in [0, 0.1) is 0 Å². The maximum atomic E-state index is 10.4. The molecule has 0 spiro atoms. The summed E-state index contributed by atoms with van der Waals surface area (Å²) < 4.78 is 0. The van der Waals surface area contributed by atoms with E-state index in [1.807, 2.05) is 6.92 Å². The highest BCUT2D eigenvalue weighted by Crippen LogP contribution is 2.23. The number of hydrogen-bond donors (Lipinski definition) is 4. The van der Waals surface area contributed by atoms with Crippen LogP contribution in [0.4, 0.5) is 0 Å². The van der Waals surface area contributed by atoms with E-state index in [0.717, 1.165) is 19.3 Å². The van der Waals surface area contributed by atoms with Crippen LogP contribution in [0.15, 0.2) is 0 Å². The maximum Gasteiger partial charge on any atom is 0.0708 e. The van der Waals surface area contributed by atoms with E-state index in [4.69, 9.17) is 0 Å². The minimum Gasteiger partial charge on any atom is -0.392 e. The molecular formula is C16H34N2O2. The molecule has 0 aromatic heterocycles. The van der Waals surface area contributed by atoms with Crippen LogP contribution in [0.25, 0.3) is 0 Å². The minimum absolute atomic E-state index is 0.000382. The fourth-order valence-corrected chi connectivity index (χ4v) is 3.15. The number of hydrogen-bond acceptors (Lipinski definition) is 4. The van der Waals surface area contributed by atoms with E-state index in [0.29, 0.717) is 6.42 Å². The van der Waals surface area contributed by atoms with Gasteiger partial charge in [-0.1, -0.05) is 0 Å². The molecule has 1 unspecified atom stereocenters. The Morgan fingerprint density at radius 3 is 2.20 bits per heavy atom. The summed E-state index contributed by atoms with van der Waals surface area (Å²) in [6, 6.07) is 0.215. The summed E-state index contributed by atoms with van der Waals surface area (Å²) >= 11 is 0. The van der Waals surface area contributed by atoms with Gasteiger partial charge in [0.1, 0.15) is 0 Å². The molecule has 0 aromatic carbocycles. The van der Waals surface area contributed by atoms with Gasteiger partial charge in [-0.2, -0.15) is 0 Å². The standard InChI is InChI=1S/C16H34N2O2/c1-11(17-15(2,3)4)14(20)10-16(5,6)18-12-8-7-9-13(12)19/h11-14,17-20H,7-10H2,1-6H3/t11-,12+,13+,14?/m1/s1. The van der Waals surface area contributed by atoms with Gasteiger partial charge in [-0.15, -0.1) is 0 Å². The van der Waals surface area contributed by atoms with Crippen molar-refractivity contribution in [1.29, 1.82) is 0 Å². The van der Waals surface area contributed by atoms with Crippen molar-refractivity contribution >= 4 is 0 Å². The Morgan fingerprint density at radius 2 is 1.75 bits per heavy atom. The zero-order chi connectivity index (χ0) is 15.6. The zero-order valence-corrected chi connectivity index (χ0v) is 14.0. The van der Waals surface area contributed by atoms with Gasteiger partial charge in [-0.3, -0.25) is 0 Å². The van der Waals surface area contributed by atoms with Crippen molar-refractivity contribution in [1.82, 2.24) is 10.6 Å². The van der Waals surface area contributed by atoms with E-state index in [-0.39, 0.29) is 29.3 Å². The quantitative estimate of drug-likeness (QED) is 0.601. The van der Waals surface area contributed by atoms with E-state index in [1.54, 1.807) is 0 Å². The highest BCUT2D eigenvalue weighted by Gasteiger charge is 2.33. The normalized spacial score (nSPS) is 27.6. The fourth-order valence-electron chi connectivity index (χ4n) is 3.15. The van der Waals surface area contributed by atoms with Crippen molar-refractivity contribution in [3.8, 4) is 0 Å². The molecule has 0 saturated heterocycles. The van der Waals surface area contributed by atoms with Gasteiger partial charge in [-0.05, 0) is 67.2 Å². The lowest BCUT2D eigenvalue weighted by Crippen LogP contribution is -2.54. The van der Waals surface area contributed by atoms with Crippen molar-refractivity contribution in [2.75, 3.05) is 0 Å². The van der Waals surface area contributed by atoms with Crippen molar-refractivity contribution < 1.29 is 10.2 Å². The smallest absolute Gasteiger partial charge is 0.0708 e. The molecule has 0 aliphatic heterocycles. The Bertz CT molecular complexity index is 299. The first-order chi connectivity index (χ1) is 9.00. The molecule has 0 radical (unpaired) electrons. The molecule has 4 nitrogen and oxygen atoms in total. The first kappa shape index (κ1) is 17.9. The summed E-state index contributed by atoms with van der Waals surface area (Å²) in [5, 5.41) is 27.2. The largest absolute Gasteiger partial charge is 0.392 e. The molecule has 1 rings (SSSR count). The Hall–Kier alpha value is -0.160. The third-order valence-corrected chi connectivity index (χ3v) is 4.01. The van der Waals surface area contributed by atoms with Crippen LogP contribution >= 0.6 is 0 Å². The van der Waals surface area contributed by atoms with Crippen molar-refractivity contribution in [3.05, 3.63) is 0 Å². The van der Waals surface area contributed by atoms with E-state index >= 15 is 0 Å². The summed E-state index contributed by atoms with van der Waals surface area (Å²) in [5.41, 5.74) is -0.178. The summed E-state index contributed by atoms with van der Waals surface area (Å²) in [5.74, 6) is 0. The highest BCUT2D eigenvalue weighted by molar-refractivity contribution is 4.93. The summed E-state index contributed by atoms with van der Waals surface area (Å²) in [4.78, 5) is 0. The van der Waals surface area contributed by atoms with E-state index in [2.05, 4.69) is 45.3 Å². The van der Waals surface area contributed by atoms with Crippen LogP contribution in [-0.2, 0) is 0 Å². The molecule has 1 fully saturated rings. The third kappa shape index (κ3) is 6.08. The molecule has 4 N–H and O–H groups in total. The summed E-state index contributed by atoms with van der Waals surface area (Å²) in [7, 11) is 0. The topological polar surface area (TPSA) is 64.5 Å². The average Bonchev–Trinajstić information content (AvgIpc) is 2.60. The molecule has 0 bridgehead atoms. The highest BCUT2D eigenvalue weighted by atomic mass is 16.3. The average molecular weight is 286 g/mol. The van der Waals surface area contributed by atoms with E-state index < -0.39 is 6.10 Å². The minimum atomic E-state index is -0.407. The first-order valence-electron chi connectivity index (χ1n) is 7.92. The molecule has 1 aliphatic rings. The Labute approximate surface area is 124 Å². The van der Waals surface area contributed by atoms with Gasteiger partial charge in [0.2, 0.25) is 0 Å². The molecule has 120 valence electrons.